The number of benzene rings is 2. The van der Waals surface area contributed by atoms with Crippen LogP contribution >= 0.6 is 12.2 Å². The minimum Gasteiger partial charge on any atom is -0.490 e. The minimum absolute atomic E-state index is 0.186. The Balaban J connectivity index is 1.79. The zero-order valence-electron chi connectivity index (χ0n) is 15.0. The molecule has 0 aromatic heterocycles. The van der Waals surface area contributed by atoms with Gasteiger partial charge in [0.2, 0.25) is 0 Å². The molecule has 0 atom stereocenters. The number of nitrogens with one attached hydrogen (secondary N) is 1. The van der Waals surface area contributed by atoms with Crippen molar-refractivity contribution >= 4 is 29.3 Å². The number of likely N-dealkylation sites (N-methyl/N-ethyl adjacent to an activating group) is 1. The molecule has 1 N–H and O–H groups in total. The maximum Gasteiger partial charge on any atom is 0.276 e. The van der Waals surface area contributed by atoms with Crippen molar-refractivity contribution in [2.45, 2.75) is 13.5 Å². The van der Waals surface area contributed by atoms with Crippen LogP contribution in [0.15, 0.2) is 48.2 Å². The molecule has 0 bridgehead atoms. The van der Waals surface area contributed by atoms with E-state index in [-0.39, 0.29) is 11.7 Å². The first-order valence-electron chi connectivity index (χ1n) is 8.42. The fourth-order valence-corrected chi connectivity index (χ4v) is 2.73. The van der Waals surface area contributed by atoms with E-state index in [2.05, 4.69) is 5.32 Å². The summed E-state index contributed by atoms with van der Waals surface area (Å²) in [5.41, 5.74) is 2.04. The number of ether oxygens (including phenoxy) is 2. The highest BCUT2D eigenvalue weighted by Gasteiger charge is 2.27. The third-order valence-corrected chi connectivity index (χ3v) is 4.34. The summed E-state index contributed by atoms with van der Waals surface area (Å²) in [7, 11) is 1.62. The van der Waals surface area contributed by atoms with Crippen LogP contribution in [0.25, 0.3) is 6.08 Å². The van der Waals surface area contributed by atoms with Gasteiger partial charge in [-0.15, -0.1) is 0 Å². The molecule has 3 rings (SSSR count). The molecule has 1 saturated heterocycles. The molecule has 0 radical (unpaired) electrons. The fraction of sp³-hybridized carbons (Fsp3) is 0.200. The summed E-state index contributed by atoms with van der Waals surface area (Å²) >= 11 is 5.07. The van der Waals surface area contributed by atoms with Gasteiger partial charge in [0.25, 0.3) is 5.91 Å². The van der Waals surface area contributed by atoms with Crippen molar-refractivity contribution < 1.29 is 18.7 Å². The Morgan fingerprint density at radius 2 is 1.89 bits per heavy atom. The van der Waals surface area contributed by atoms with Crippen LogP contribution < -0.4 is 14.8 Å². The Morgan fingerprint density at radius 3 is 2.52 bits per heavy atom. The quantitative estimate of drug-likeness (QED) is 0.608. The second-order valence-corrected chi connectivity index (χ2v) is 6.29. The number of hydrogen-bond acceptors (Lipinski definition) is 4. The Kier molecular flexibility index (Phi) is 5.71. The monoisotopic (exact) mass is 386 g/mol. The number of halogens is 1. The summed E-state index contributed by atoms with van der Waals surface area (Å²) in [4.78, 5) is 13.5. The van der Waals surface area contributed by atoms with E-state index in [1.54, 1.807) is 37.4 Å². The Morgan fingerprint density at radius 1 is 1.15 bits per heavy atom. The van der Waals surface area contributed by atoms with E-state index in [9.17, 15) is 9.18 Å². The highest BCUT2D eigenvalue weighted by Crippen LogP contribution is 2.30. The van der Waals surface area contributed by atoms with E-state index in [0.29, 0.717) is 35.5 Å². The molecule has 0 saturated carbocycles. The number of thiocarbonyl (C=S) groups is 1. The molecule has 1 aliphatic heterocycles. The van der Waals surface area contributed by atoms with Crippen molar-refractivity contribution in [1.29, 1.82) is 0 Å². The van der Waals surface area contributed by atoms with E-state index >= 15 is 0 Å². The molecule has 0 unspecified atom stereocenters. The van der Waals surface area contributed by atoms with Gasteiger partial charge >= 0.3 is 0 Å². The van der Waals surface area contributed by atoms with Crippen LogP contribution in [0.3, 0.4) is 0 Å². The van der Waals surface area contributed by atoms with Gasteiger partial charge in [-0.05, 0) is 60.6 Å². The van der Waals surface area contributed by atoms with E-state index in [0.717, 1.165) is 11.1 Å². The maximum atomic E-state index is 13.0. The predicted octanol–water partition coefficient (Wildman–Crippen LogP) is 3.49. The van der Waals surface area contributed by atoms with E-state index in [1.807, 2.05) is 13.0 Å². The van der Waals surface area contributed by atoms with Crippen LogP contribution in [0.1, 0.15) is 18.1 Å². The van der Waals surface area contributed by atoms with E-state index < -0.39 is 0 Å². The second kappa shape index (κ2) is 8.18. The number of carbonyl (C=O) groups excluding carboxylic acids is 1. The third-order valence-electron chi connectivity index (χ3n) is 3.97. The molecule has 2 aromatic rings. The van der Waals surface area contributed by atoms with Gasteiger partial charge < -0.3 is 14.8 Å². The van der Waals surface area contributed by atoms with Crippen molar-refractivity contribution in [2.24, 2.45) is 0 Å². The second-order valence-electron chi connectivity index (χ2n) is 5.91. The summed E-state index contributed by atoms with van der Waals surface area (Å²) in [6.45, 7) is 2.64. The van der Waals surface area contributed by atoms with Crippen molar-refractivity contribution in [2.75, 3.05) is 13.7 Å². The highest BCUT2D eigenvalue weighted by molar-refractivity contribution is 7.80. The summed E-state index contributed by atoms with van der Waals surface area (Å²) in [6, 6.07) is 11.5. The number of nitrogens with zero attached hydrogens (tertiary/aromatic N) is 1. The number of amides is 1. The van der Waals surface area contributed by atoms with Gasteiger partial charge in [0, 0.05) is 7.05 Å². The van der Waals surface area contributed by atoms with Gasteiger partial charge in [0.05, 0.1) is 6.61 Å². The zero-order chi connectivity index (χ0) is 19.4. The molecule has 1 amide bonds. The lowest BCUT2D eigenvalue weighted by Gasteiger charge is -2.13. The van der Waals surface area contributed by atoms with Crippen molar-refractivity contribution in [3.8, 4) is 11.5 Å². The van der Waals surface area contributed by atoms with Crippen LogP contribution in [0.5, 0.6) is 11.5 Å². The standard InChI is InChI=1S/C20H19FN2O3S/c1-3-25-18-11-14(10-16-19(24)23(2)20(27)22-16)6-9-17(18)26-12-13-4-7-15(21)8-5-13/h4-11H,3,12H2,1-2H3,(H,22,27). The normalized spacial score (nSPS) is 15.2. The summed E-state index contributed by atoms with van der Waals surface area (Å²) in [5, 5.41) is 3.26. The van der Waals surface area contributed by atoms with Gasteiger partial charge in [-0.25, -0.2) is 4.39 Å². The van der Waals surface area contributed by atoms with Crippen LogP contribution in [-0.4, -0.2) is 29.6 Å². The summed E-state index contributed by atoms with van der Waals surface area (Å²) < 4.78 is 24.5. The lowest BCUT2D eigenvalue weighted by Crippen LogP contribution is -2.25. The average Bonchev–Trinajstić information content (AvgIpc) is 2.89. The Bertz CT molecular complexity index is 897. The summed E-state index contributed by atoms with van der Waals surface area (Å²) in [5.74, 6) is 0.665. The largest absolute Gasteiger partial charge is 0.490 e. The van der Waals surface area contributed by atoms with Crippen LogP contribution in [0.4, 0.5) is 4.39 Å². The fourth-order valence-electron chi connectivity index (χ4n) is 2.53. The molecular formula is C20H19FN2O3S. The van der Waals surface area contributed by atoms with Gasteiger partial charge in [-0.3, -0.25) is 9.69 Å². The molecule has 27 heavy (non-hydrogen) atoms. The van der Waals surface area contributed by atoms with E-state index in [4.69, 9.17) is 21.7 Å². The first-order chi connectivity index (χ1) is 13.0. The van der Waals surface area contributed by atoms with Crippen LogP contribution in [0, 0.1) is 5.82 Å². The van der Waals surface area contributed by atoms with Gasteiger partial charge in [0.1, 0.15) is 18.1 Å². The molecule has 0 aliphatic carbocycles. The lowest BCUT2D eigenvalue weighted by atomic mass is 10.1. The molecule has 140 valence electrons. The molecule has 1 heterocycles. The number of hydrogen-bond donors (Lipinski definition) is 1. The van der Waals surface area contributed by atoms with Gasteiger partial charge in [-0.1, -0.05) is 18.2 Å². The molecule has 0 spiro atoms. The topological polar surface area (TPSA) is 50.8 Å². The van der Waals surface area contributed by atoms with Crippen molar-refractivity contribution in [1.82, 2.24) is 10.2 Å². The first kappa shape index (κ1) is 18.8. The maximum absolute atomic E-state index is 13.0. The smallest absolute Gasteiger partial charge is 0.276 e. The molecule has 7 heteroatoms. The molecule has 1 aliphatic rings. The van der Waals surface area contributed by atoms with Crippen molar-refractivity contribution in [3.05, 3.63) is 65.1 Å². The van der Waals surface area contributed by atoms with Gasteiger partial charge in [-0.2, -0.15) is 0 Å². The minimum atomic E-state index is -0.286. The number of carbonyl (C=O) groups is 1. The molecule has 1 fully saturated rings. The van der Waals surface area contributed by atoms with Gasteiger partial charge in [0.15, 0.2) is 16.6 Å². The predicted molar refractivity (Wildman–Crippen MR) is 105 cm³/mol. The highest BCUT2D eigenvalue weighted by atomic mass is 32.1. The number of rotatable bonds is 6. The Labute approximate surface area is 162 Å². The lowest BCUT2D eigenvalue weighted by molar-refractivity contribution is -0.121. The Hall–Kier alpha value is -2.93. The van der Waals surface area contributed by atoms with Crippen LogP contribution in [0.2, 0.25) is 0 Å². The summed E-state index contributed by atoms with van der Waals surface area (Å²) in [6.07, 6.45) is 1.71. The first-order valence-corrected chi connectivity index (χ1v) is 8.83. The molecule has 5 nitrogen and oxygen atoms in total. The van der Waals surface area contributed by atoms with E-state index in [1.165, 1.54) is 17.0 Å². The molecule has 2 aromatic carbocycles. The SMILES string of the molecule is CCOc1cc(C=C2NC(=S)N(C)C2=O)ccc1OCc1ccc(F)cc1. The third kappa shape index (κ3) is 4.43. The van der Waals surface area contributed by atoms with Crippen LogP contribution in [-0.2, 0) is 11.4 Å². The van der Waals surface area contributed by atoms with Crippen molar-refractivity contribution in [3.63, 3.8) is 0 Å². The average molecular weight is 386 g/mol. The zero-order valence-corrected chi connectivity index (χ0v) is 15.8. The molecular weight excluding hydrogens is 367 g/mol.